The van der Waals surface area contributed by atoms with Crippen LogP contribution < -0.4 is 5.32 Å². The summed E-state index contributed by atoms with van der Waals surface area (Å²) < 4.78 is 1.92. The van der Waals surface area contributed by atoms with Crippen molar-refractivity contribution in [3.8, 4) is 0 Å². The second-order valence-corrected chi connectivity index (χ2v) is 3.66. The molecular weight excluding hydrogens is 166 g/mol. The maximum atomic E-state index is 9.65. The number of nitrogens with one attached hydrogen (secondary N) is 1. The Balaban J connectivity index is 2.28. The molecule has 1 aliphatic rings. The van der Waals surface area contributed by atoms with Crippen molar-refractivity contribution in [3.05, 3.63) is 17.5 Å². The van der Waals surface area contributed by atoms with E-state index in [4.69, 9.17) is 0 Å². The molecule has 2 rings (SSSR count). The van der Waals surface area contributed by atoms with E-state index in [-0.39, 0.29) is 12.1 Å². The van der Waals surface area contributed by atoms with Gasteiger partial charge in [0.1, 0.15) is 0 Å². The summed E-state index contributed by atoms with van der Waals surface area (Å²) in [5.41, 5.74) is 2.13. The van der Waals surface area contributed by atoms with Crippen molar-refractivity contribution >= 4 is 0 Å². The molecule has 13 heavy (non-hydrogen) atoms. The molecule has 0 amide bonds. The Bertz CT molecular complexity index is 308. The molecule has 1 fully saturated rings. The van der Waals surface area contributed by atoms with E-state index < -0.39 is 0 Å². The Morgan fingerprint density at radius 3 is 2.77 bits per heavy atom. The number of nitrogens with zero attached hydrogens (tertiary/aromatic N) is 2. The van der Waals surface area contributed by atoms with E-state index >= 15 is 0 Å². The maximum Gasteiger partial charge on any atom is 0.0917 e. The molecule has 72 valence electrons. The SMILES string of the molecule is Cc1cc(C)n(C2CNCC2O)n1. The second-order valence-electron chi connectivity index (χ2n) is 3.66. The molecular formula is C9H15N3O. The molecule has 1 saturated heterocycles. The number of β-amino-alcohol motifs (C(OH)–C–C–N with tert-alkyl or cyclic N) is 1. The minimum Gasteiger partial charge on any atom is -0.390 e. The van der Waals surface area contributed by atoms with Gasteiger partial charge >= 0.3 is 0 Å². The van der Waals surface area contributed by atoms with Crippen LogP contribution in [0.4, 0.5) is 0 Å². The number of hydrogen-bond donors (Lipinski definition) is 2. The molecule has 2 atom stereocenters. The van der Waals surface area contributed by atoms with Gasteiger partial charge in [-0.2, -0.15) is 5.10 Å². The molecule has 0 saturated carbocycles. The normalized spacial score (nSPS) is 28.2. The summed E-state index contributed by atoms with van der Waals surface area (Å²) in [5, 5.41) is 17.2. The first-order valence-electron chi connectivity index (χ1n) is 4.60. The van der Waals surface area contributed by atoms with Crippen molar-refractivity contribution in [3.63, 3.8) is 0 Å². The van der Waals surface area contributed by atoms with E-state index in [1.54, 1.807) is 0 Å². The lowest BCUT2D eigenvalue weighted by molar-refractivity contribution is 0.143. The third-order valence-corrected chi connectivity index (χ3v) is 2.51. The van der Waals surface area contributed by atoms with E-state index in [2.05, 4.69) is 10.4 Å². The minimum atomic E-state index is -0.307. The highest BCUT2D eigenvalue weighted by atomic mass is 16.3. The molecule has 0 bridgehead atoms. The van der Waals surface area contributed by atoms with Gasteiger partial charge in [-0.25, -0.2) is 0 Å². The average molecular weight is 181 g/mol. The van der Waals surface area contributed by atoms with Gasteiger partial charge in [-0.15, -0.1) is 0 Å². The smallest absolute Gasteiger partial charge is 0.0917 e. The van der Waals surface area contributed by atoms with E-state index in [1.807, 2.05) is 24.6 Å². The number of aromatic nitrogens is 2. The summed E-state index contributed by atoms with van der Waals surface area (Å²) in [6.07, 6.45) is -0.307. The van der Waals surface area contributed by atoms with Crippen molar-refractivity contribution < 1.29 is 5.11 Å². The van der Waals surface area contributed by atoms with E-state index in [0.717, 1.165) is 17.9 Å². The Kier molecular flexibility index (Phi) is 2.09. The Morgan fingerprint density at radius 2 is 2.31 bits per heavy atom. The number of aliphatic hydroxyl groups excluding tert-OH is 1. The fourth-order valence-corrected chi connectivity index (χ4v) is 1.88. The molecule has 1 aromatic heterocycles. The topological polar surface area (TPSA) is 50.1 Å². The predicted octanol–water partition coefficient (Wildman–Crippen LogP) is 0.00514. The average Bonchev–Trinajstić information content (AvgIpc) is 2.58. The van der Waals surface area contributed by atoms with Gasteiger partial charge in [0.2, 0.25) is 0 Å². The molecule has 1 aliphatic heterocycles. The largest absolute Gasteiger partial charge is 0.390 e. The third kappa shape index (κ3) is 1.47. The zero-order chi connectivity index (χ0) is 9.42. The van der Waals surface area contributed by atoms with Gasteiger partial charge in [0.15, 0.2) is 0 Å². The first-order chi connectivity index (χ1) is 6.18. The van der Waals surface area contributed by atoms with Gasteiger partial charge in [0.25, 0.3) is 0 Å². The van der Waals surface area contributed by atoms with E-state index in [9.17, 15) is 5.11 Å². The van der Waals surface area contributed by atoms with Crippen LogP contribution in [0.3, 0.4) is 0 Å². The van der Waals surface area contributed by atoms with Crippen LogP contribution in [0.25, 0.3) is 0 Å². The summed E-state index contributed by atoms with van der Waals surface area (Å²) in [5.74, 6) is 0. The highest BCUT2D eigenvalue weighted by Crippen LogP contribution is 2.17. The molecule has 2 unspecified atom stereocenters. The van der Waals surface area contributed by atoms with Gasteiger partial charge in [-0.3, -0.25) is 4.68 Å². The molecule has 2 heterocycles. The molecule has 0 aromatic carbocycles. The van der Waals surface area contributed by atoms with Crippen molar-refractivity contribution in [2.45, 2.75) is 26.0 Å². The summed E-state index contributed by atoms with van der Waals surface area (Å²) in [4.78, 5) is 0. The van der Waals surface area contributed by atoms with Crippen molar-refractivity contribution in [1.82, 2.24) is 15.1 Å². The van der Waals surface area contributed by atoms with Crippen molar-refractivity contribution in [2.24, 2.45) is 0 Å². The Morgan fingerprint density at radius 1 is 1.54 bits per heavy atom. The van der Waals surface area contributed by atoms with Gasteiger partial charge < -0.3 is 10.4 Å². The monoisotopic (exact) mass is 181 g/mol. The first-order valence-corrected chi connectivity index (χ1v) is 4.60. The maximum absolute atomic E-state index is 9.65. The van der Waals surface area contributed by atoms with Gasteiger partial charge in [-0.1, -0.05) is 0 Å². The molecule has 2 N–H and O–H groups in total. The zero-order valence-corrected chi connectivity index (χ0v) is 7.99. The van der Waals surface area contributed by atoms with Crippen LogP contribution in [-0.4, -0.2) is 34.1 Å². The summed E-state index contributed by atoms with van der Waals surface area (Å²) in [7, 11) is 0. The predicted molar refractivity (Wildman–Crippen MR) is 49.6 cm³/mol. The molecule has 0 radical (unpaired) electrons. The van der Waals surface area contributed by atoms with Gasteiger partial charge in [0.05, 0.1) is 17.8 Å². The summed E-state index contributed by atoms with van der Waals surface area (Å²) in [6, 6.07) is 2.14. The molecule has 0 spiro atoms. The van der Waals surface area contributed by atoms with E-state index in [1.165, 1.54) is 0 Å². The number of aryl methyl sites for hydroxylation is 2. The molecule has 4 nitrogen and oxygen atoms in total. The highest BCUT2D eigenvalue weighted by Gasteiger charge is 2.27. The highest BCUT2D eigenvalue weighted by molar-refractivity contribution is 5.09. The molecule has 4 heteroatoms. The van der Waals surface area contributed by atoms with Gasteiger partial charge in [-0.05, 0) is 19.9 Å². The number of hydrogen-bond acceptors (Lipinski definition) is 3. The van der Waals surface area contributed by atoms with Gasteiger partial charge in [0, 0.05) is 18.8 Å². The van der Waals surface area contributed by atoms with Crippen LogP contribution in [0.2, 0.25) is 0 Å². The summed E-state index contributed by atoms with van der Waals surface area (Å²) >= 11 is 0. The van der Waals surface area contributed by atoms with Crippen LogP contribution >= 0.6 is 0 Å². The fourth-order valence-electron chi connectivity index (χ4n) is 1.88. The van der Waals surface area contributed by atoms with Crippen LogP contribution in [0, 0.1) is 13.8 Å². The van der Waals surface area contributed by atoms with Crippen molar-refractivity contribution in [2.75, 3.05) is 13.1 Å². The molecule has 0 aliphatic carbocycles. The second kappa shape index (κ2) is 3.12. The minimum absolute atomic E-state index is 0.105. The van der Waals surface area contributed by atoms with Crippen LogP contribution in [-0.2, 0) is 0 Å². The Labute approximate surface area is 77.6 Å². The molecule has 1 aromatic rings. The number of rotatable bonds is 1. The number of aliphatic hydroxyl groups is 1. The fraction of sp³-hybridized carbons (Fsp3) is 0.667. The lowest BCUT2D eigenvalue weighted by atomic mass is 10.2. The quantitative estimate of drug-likeness (QED) is 0.641. The zero-order valence-electron chi connectivity index (χ0n) is 7.99. The third-order valence-electron chi connectivity index (χ3n) is 2.51. The Hall–Kier alpha value is -0.870. The van der Waals surface area contributed by atoms with Crippen LogP contribution in [0.1, 0.15) is 17.4 Å². The standard InChI is InChI=1S/C9H15N3O/c1-6-3-7(2)12(11-6)8-4-10-5-9(8)13/h3,8-10,13H,4-5H2,1-2H3. The first kappa shape index (κ1) is 8.72. The lowest BCUT2D eigenvalue weighted by Gasteiger charge is -2.15. The van der Waals surface area contributed by atoms with Crippen LogP contribution in [0.5, 0.6) is 0 Å². The summed E-state index contributed by atoms with van der Waals surface area (Å²) in [6.45, 7) is 5.47. The van der Waals surface area contributed by atoms with Crippen LogP contribution in [0.15, 0.2) is 6.07 Å². The van der Waals surface area contributed by atoms with E-state index in [0.29, 0.717) is 6.54 Å². The van der Waals surface area contributed by atoms with Crippen molar-refractivity contribution in [1.29, 1.82) is 0 Å². The lowest BCUT2D eigenvalue weighted by Crippen LogP contribution is -2.23.